The van der Waals surface area contributed by atoms with Crippen LogP contribution in [-0.2, 0) is 5.54 Å². The average molecular weight is 188 g/mol. The summed E-state index contributed by atoms with van der Waals surface area (Å²) in [5, 5.41) is 23.3. The fourth-order valence-corrected chi connectivity index (χ4v) is 0.704. The molecule has 6 nitrogen and oxygen atoms in total. The highest BCUT2D eigenvalue weighted by Gasteiger charge is 2.22. The van der Waals surface area contributed by atoms with Gasteiger partial charge in [0, 0.05) is 0 Å². The summed E-state index contributed by atoms with van der Waals surface area (Å²) in [6.07, 6.45) is 0.360. The lowest BCUT2D eigenvalue weighted by Crippen LogP contribution is -2.30. The monoisotopic (exact) mass is 188 g/mol. The molecule has 0 aliphatic rings. The van der Waals surface area contributed by atoms with Gasteiger partial charge in [-0.05, 0) is 13.8 Å². The molecule has 1 rings (SSSR count). The lowest BCUT2D eigenvalue weighted by Gasteiger charge is -2.21. The van der Waals surface area contributed by atoms with Crippen molar-refractivity contribution in [2.45, 2.75) is 19.4 Å². The third-order valence-corrected chi connectivity index (χ3v) is 1.56. The zero-order chi connectivity index (χ0) is 12.7. The minimum absolute atomic E-state index is 0.530. The summed E-state index contributed by atoms with van der Waals surface area (Å²) in [5.41, 5.74) is -2.03. The first-order valence-electron chi connectivity index (χ1n) is 5.01. The summed E-state index contributed by atoms with van der Waals surface area (Å²) in [6, 6.07) is 0. The molecular weight excluding hydrogens is 174 g/mol. The van der Waals surface area contributed by atoms with E-state index in [9.17, 15) is 15.2 Å². The first kappa shape index (κ1) is 6.09. The number of rotatable bonds is 3. The standard InChI is InChI=1S/C7H11N3O3/c1-7(2,5-11)9-4-6(3-8-9)10(12)13/h3-4,11H,5H2,1-2H3/i3D,5D2. The maximum atomic E-state index is 10.5. The predicted molar refractivity (Wildman–Crippen MR) is 45.3 cm³/mol. The van der Waals surface area contributed by atoms with Gasteiger partial charge in [-0.3, -0.25) is 14.8 Å². The number of nitro groups is 1. The Bertz CT molecular complexity index is 424. The van der Waals surface area contributed by atoms with Gasteiger partial charge in [0.25, 0.3) is 0 Å². The molecule has 0 saturated carbocycles. The van der Waals surface area contributed by atoms with E-state index in [1.165, 1.54) is 13.8 Å². The molecule has 6 heteroatoms. The third-order valence-electron chi connectivity index (χ3n) is 1.56. The third kappa shape index (κ3) is 1.83. The van der Waals surface area contributed by atoms with Crippen LogP contribution in [0.15, 0.2) is 12.4 Å². The van der Waals surface area contributed by atoms with Gasteiger partial charge in [0.15, 0.2) is 0 Å². The second kappa shape index (κ2) is 3.14. The van der Waals surface area contributed by atoms with Gasteiger partial charge in [-0.15, -0.1) is 0 Å². The molecule has 1 N–H and O–H groups in total. The van der Waals surface area contributed by atoms with Gasteiger partial charge < -0.3 is 5.11 Å². The van der Waals surface area contributed by atoms with Gasteiger partial charge in [-0.2, -0.15) is 5.10 Å². The second-order valence-corrected chi connectivity index (χ2v) is 3.00. The maximum Gasteiger partial charge on any atom is 0.307 e. The Labute approximate surface area is 79.2 Å². The highest BCUT2D eigenvalue weighted by atomic mass is 16.6. The largest absolute Gasteiger partial charge is 0.394 e. The highest BCUT2D eigenvalue weighted by Crippen LogP contribution is 2.17. The summed E-state index contributed by atoms with van der Waals surface area (Å²) in [5.74, 6) is 0. The molecule has 0 aromatic carbocycles. The Morgan fingerprint density at radius 1 is 2.00 bits per heavy atom. The van der Waals surface area contributed by atoms with E-state index in [0.717, 1.165) is 10.9 Å². The Morgan fingerprint density at radius 2 is 2.62 bits per heavy atom. The summed E-state index contributed by atoms with van der Waals surface area (Å²) < 4.78 is 22.5. The molecule has 1 heterocycles. The van der Waals surface area contributed by atoms with Crippen molar-refractivity contribution in [3.05, 3.63) is 22.5 Å². The van der Waals surface area contributed by atoms with Crippen LogP contribution in [0.4, 0.5) is 5.69 Å². The summed E-state index contributed by atoms with van der Waals surface area (Å²) in [6.45, 7) is 0.0334. The van der Waals surface area contributed by atoms with Crippen LogP contribution in [0.3, 0.4) is 0 Å². The van der Waals surface area contributed by atoms with Crippen molar-refractivity contribution in [1.82, 2.24) is 9.78 Å². The first-order chi connectivity index (χ1) is 7.07. The molecule has 13 heavy (non-hydrogen) atoms. The number of aromatic nitrogens is 2. The molecule has 0 radical (unpaired) electrons. The van der Waals surface area contributed by atoms with Gasteiger partial charge in [0.2, 0.25) is 0 Å². The Morgan fingerprint density at radius 3 is 3.00 bits per heavy atom. The van der Waals surface area contributed by atoms with Crippen LogP contribution in [0.1, 0.15) is 18.0 Å². The van der Waals surface area contributed by atoms with Gasteiger partial charge in [-0.25, -0.2) is 0 Å². The van der Waals surface area contributed by atoms with Gasteiger partial charge in [0.05, 0.1) is 21.1 Å². The van der Waals surface area contributed by atoms with E-state index in [0.29, 0.717) is 0 Å². The van der Waals surface area contributed by atoms with Crippen LogP contribution in [0.25, 0.3) is 0 Å². The van der Waals surface area contributed by atoms with Crippen LogP contribution >= 0.6 is 0 Å². The summed E-state index contributed by atoms with van der Waals surface area (Å²) >= 11 is 0. The number of nitrogens with zero attached hydrogens (tertiary/aromatic N) is 3. The molecule has 0 atom stereocenters. The fraction of sp³-hybridized carbons (Fsp3) is 0.571. The van der Waals surface area contributed by atoms with Crippen molar-refractivity contribution in [3.8, 4) is 0 Å². The molecule has 0 aliphatic heterocycles. The van der Waals surface area contributed by atoms with Crippen molar-refractivity contribution < 1.29 is 14.1 Å². The first-order valence-corrected chi connectivity index (χ1v) is 3.51. The molecule has 0 spiro atoms. The van der Waals surface area contributed by atoms with Crippen molar-refractivity contribution in [3.63, 3.8) is 0 Å². The quantitative estimate of drug-likeness (QED) is 0.553. The lowest BCUT2D eigenvalue weighted by atomic mass is 10.1. The van der Waals surface area contributed by atoms with E-state index in [1.54, 1.807) is 0 Å². The van der Waals surface area contributed by atoms with Crippen molar-refractivity contribution in [1.29, 1.82) is 0 Å². The Kier molecular flexibility index (Phi) is 1.47. The number of hydrogen-bond acceptors (Lipinski definition) is 4. The molecular formula is C7H11N3O3. The Hall–Kier alpha value is -1.43. The molecule has 0 saturated heterocycles. The summed E-state index contributed by atoms with van der Waals surface area (Å²) in [7, 11) is 0. The Balaban J connectivity index is 3.26. The minimum Gasteiger partial charge on any atom is -0.394 e. The number of aliphatic hydroxyl groups is 1. The van der Waals surface area contributed by atoms with E-state index >= 15 is 0 Å². The lowest BCUT2D eigenvalue weighted by molar-refractivity contribution is -0.385. The highest BCUT2D eigenvalue weighted by molar-refractivity contribution is 5.21. The van der Waals surface area contributed by atoms with Crippen molar-refractivity contribution in [2.75, 3.05) is 6.56 Å². The van der Waals surface area contributed by atoms with Crippen LogP contribution < -0.4 is 0 Å². The normalized spacial score (nSPS) is 16.1. The van der Waals surface area contributed by atoms with E-state index < -0.39 is 28.9 Å². The van der Waals surface area contributed by atoms with Gasteiger partial charge >= 0.3 is 5.69 Å². The molecule has 0 fully saturated rings. The van der Waals surface area contributed by atoms with Crippen molar-refractivity contribution >= 4 is 5.69 Å². The van der Waals surface area contributed by atoms with E-state index in [4.69, 9.17) is 4.11 Å². The average Bonchev–Trinajstić information content (AvgIpc) is 2.45. The zero-order valence-corrected chi connectivity index (χ0v) is 7.18. The minimum atomic E-state index is -2.61. The molecule has 0 bridgehead atoms. The number of hydrogen-bond donors (Lipinski definition) is 1. The van der Waals surface area contributed by atoms with Crippen LogP contribution in [-0.4, -0.2) is 26.4 Å². The predicted octanol–water partition coefficient (Wildman–Crippen LogP) is 0.519. The van der Waals surface area contributed by atoms with Crippen molar-refractivity contribution in [2.24, 2.45) is 0 Å². The molecule has 0 unspecified atom stereocenters. The zero-order valence-electron chi connectivity index (χ0n) is 10.2. The van der Waals surface area contributed by atoms with Crippen LogP contribution in [0, 0.1) is 10.1 Å². The van der Waals surface area contributed by atoms with Gasteiger partial charge in [-0.1, -0.05) is 0 Å². The topological polar surface area (TPSA) is 81.2 Å². The molecule has 1 aromatic heterocycles. The summed E-state index contributed by atoms with van der Waals surface area (Å²) in [4.78, 5) is 9.70. The SMILES string of the molecule is [2H]c1nn(C(C)(C)C([2H])([2H])O)cc1[N+](=O)[O-]. The smallest absolute Gasteiger partial charge is 0.307 e. The molecule has 1 aromatic rings. The molecule has 72 valence electrons. The molecule has 0 aliphatic carbocycles. The fourth-order valence-electron chi connectivity index (χ4n) is 0.704. The maximum absolute atomic E-state index is 10.5. The van der Waals surface area contributed by atoms with Crippen LogP contribution in [0.2, 0.25) is 0 Å². The van der Waals surface area contributed by atoms with Crippen LogP contribution in [0.5, 0.6) is 0 Å². The van der Waals surface area contributed by atoms with E-state index in [1.807, 2.05) is 0 Å². The van der Waals surface area contributed by atoms with Gasteiger partial charge in [0.1, 0.15) is 12.4 Å². The van der Waals surface area contributed by atoms with E-state index in [-0.39, 0.29) is 0 Å². The second-order valence-electron chi connectivity index (χ2n) is 3.00. The molecule has 0 amide bonds. The van der Waals surface area contributed by atoms with E-state index in [2.05, 4.69) is 5.10 Å².